The Kier molecular flexibility index (Phi) is 4.03. The van der Waals surface area contributed by atoms with Crippen molar-refractivity contribution >= 4 is 28.9 Å². The highest BCUT2D eigenvalue weighted by molar-refractivity contribution is 6.30. The van der Waals surface area contributed by atoms with E-state index in [-0.39, 0.29) is 5.91 Å². The molecule has 0 aliphatic carbocycles. The summed E-state index contributed by atoms with van der Waals surface area (Å²) in [6.07, 6.45) is 0. The fourth-order valence-corrected chi connectivity index (χ4v) is 1.62. The second-order valence-corrected chi connectivity index (χ2v) is 4.14. The lowest BCUT2D eigenvalue weighted by Crippen LogP contribution is -2.11. The molecular formula is C13H9ClN4O. The van der Waals surface area contributed by atoms with E-state index in [1.807, 2.05) is 0 Å². The number of amides is 1. The van der Waals surface area contributed by atoms with Crippen LogP contribution < -0.4 is 5.32 Å². The molecule has 0 heterocycles. The van der Waals surface area contributed by atoms with Crippen LogP contribution in [0.3, 0.4) is 0 Å². The van der Waals surface area contributed by atoms with Crippen LogP contribution in [-0.2, 0) is 0 Å². The van der Waals surface area contributed by atoms with Gasteiger partial charge in [0, 0.05) is 26.9 Å². The summed E-state index contributed by atoms with van der Waals surface area (Å²) >= 11 is 5.76. The monoisotopic (exact) mass is 272 g/mol. The molecule has 0 bridgehead atoms. The fourth-order valence-electron chi connectivity index (χ4n) is 1.50. The van der Waals surface area contributed by atoms with Gasteiger partial charge in [-0.15, -0.1) is 0 Å². The van der Waals surface area contributed by atoms with Crippen molar-refractivity contribution in [2.75, 3.05) is 5.32 Å². The highest BCUT2D eigenvalue weighted by atomic mass is 35.5. The lowest BCUT2D eigenvalue weighted by atomic mass is 10.2. The highest BCUT2D eigenvalue weighted by Gasteiger charge is 2.06. The molecule has 0 saturated heterocycles. The number of carbonyl (C=O) groups is 1. The van der Waals surface area contributed by atoms with Gasteiger partial charge in [0.2, 0.25) is 0 Å². The normalized spacial score (nSPS) is 9.53. The Labute approximate surface area is 114 Å². The number of nitrogens with zero attached hydrogens (tertiary/aromatic N) is 3. The summed E-state index contributed by atoms with van der Waals surface area (Å²) in [5.74, 6) is -0.280. The van der Waals surface area contributed by atoms with Crippen LogP contribution in [0.25, 0.3) is 10.4 Å². The first kappa shape index (κ1) is 13.0. The third-order valence-electron chi connectivity index (χ3n) is 2.37. The van der Waals surface area contributed by atoms with Gasteiger partial charge in [-0.05, 0) is 41.9 Å². The van der Waals surface area contributed by atoms with Crippen LogP contribution in [0.5, 0.6) is 0 Å². The molecule has 0 aromatic heterocycles. The topological polar surface area (TPSA) is 77.9 Å². The third kappa shape index (κ3) is 3.48. The van der Waals surface area contributed by atoms with Crippen molar-refractivity contribution in [2.45, 2.75) is 0 Å². The van der Waals surface area contributed by atoms with Crippen molar-refractivity contribution in [3.8, 4) is 0 Å². The Bertz CT molecular complexity index is 648. The van der Waals surface area contributed by atoms with E-state index in [4.69, 9.17) is 17.1 Å². The molecule has 2 rings (SSSR count). The van der Waals surface area contributed by atoms with E-state index in [2.05, 4.69) is 15.3 Å². The van der Waals surface area contributed by atoms with Crippen molar-refractivity contribution in [1.82, 2.24) is 0 Å². The molecule has 0 aliphatic heterocycles. The lowest BCUT2D eigenvalue weighted by Gasteiger charge is -2.05. The second kappa shape index (κ2) is 5.91. The number of hydrogen-bond acceptors (Lipinski definition) is 2. The van der Waals surface area contributed by atoms with E-state index in [1.165, 1.54) is 6.07 Å². The number of rotatable bonds is 3. The first-order valence-corrected chi connectivity index (χ1v) is 5.79. The molecular weight excluding hydrogens is 264 g/mol. The first-order valence-electron chi connectivity index (χ1n) is 5.41. The lowest BCUT2D eigenvalue weighted by molar-refractivity contribution is 0.102. The highest BCUT2D eigenvalue weighted by Crippen LogP contribution is 2.17. The van der Waals surface area contributed by atoms with Gasteiger partial charge in [-0.1, -0.05) is 28.8 Å². The minimum atomic E-state index is -0.280. The fraction of sp³-hybridized carbons (Fsp3) is 0. The van der Waals surface area contributed by atoms with Crippen LogP contribution in [0.1, 0.15) is 10.4 Å². The van der Waals surface area contributed by atoms with E-state index >= 15 is 0 Å². The van der Waals surface area contributed by atoms with Crippen molar-refractivity contribution < 1.29 is 4.79 Å². The Morgan fingerprint density at radius 1 is 1.21 bits per heavy atom. The average molecular weight is 273 g/mol. The van der Waals surface area contributed by atoms with Gasteiger partial charge in [-0.3, -0.25) is 4.79 Å². The van der Waals surface area contributed by atoms with Gasteiger partial charge in [-0.25, -0.2) is 0 Å². The van der Waals surface area contributed by atoms with Crippen molar-refractivity contribution in [3.63, 3.8) is 0 Å². The summed E-state index contributed by atoms with van der Waals surface area (Å²) in [6, 6.07) is 13.2. The number of carbonyl (C=O) groups excluding carboxylic acids is 1. The summed E-state index contributed by atoms with van der Waals surface area (Å²) in [5, 5.41) is 6.77. The zero-order chi connectivity index (χ0) is 13.7. The summed E-state index contributed by atoms with van der Waals surface area (Å²) in [4.78, 5) is 14.7. The van der Waals surface area contributed by atoms with Crippen LogP contribution in [0, 0.1) is 0 Å². The molecule has 6 heteroatoms. The predicted molar refractivity (Wildman–Crippen MR) is 74.7 cm³/mol. The molecule has 1 N–H and O–H groups in total. The molecule has 0 fully saturated rings. The molecule has 0 saturated carbocycles. The maximum absolute atomic E-state index is 12.0. The number of halogens is 1. The number of benzene rings is 2. The van der Waals surface area contributed by atoms with Crippen LogP contribution >= 0.6 is 11.6 Å². The van der Waals surface area contributed by atoms with Crippen molar-refractivity contribution in [3.05, 3.63) is 69.6 Å². The summed E-state index contributed by atoms with van der Waals surface area (Å²) in [7, 11) is 0. The van der Waals surface area contributed by atoms with Crippen LogP contribution in [0.15, 0.2) is 53.6 Å². The number of anilines is 1. The Morgan fingerprint density at radius 2 is 1.95 bits per heavy atom. The molecule has 0 atom stereocenters. The molecule has 5 nitrogen and oxygen atoms in total. The number of nitrogens with one attached hydrogen (secondary N) is 1. The van der Waals surface area contributed by atoms with Gasteiger partial charge in [0.25, 0.3) is 5.91 Å². The Balaban J connectivity index is 2.17. The molecule has 0 spiro atoms. The Hall–Kier alpha value is -2.49. The predicted octanol–water partition coefficient (Wildman–Crippen LogP) is 4.53. The largest absolute Gasteiger partial charge is 0.322 e. The quantitative estimate of drug-likeness (QED) is 0.497. The van der Waals surface area contributed by atoms with E-state index in [9.17, 15) is 4.79 Å². The van der Waals surface area contributed by atoms with E-state index in [0.29, 0.717) is 22.0 Å². The third-order valence-corrected chi connectivity index (χ3v) is 2.62. The maximum atomic E-state index is 12.0. The Morgan fingerprint density at radius 3 is 2.63 bits per heavy atom. The second-order valence-electron chi connectivity index (χ2n) is 3.70. The zero-order valence-electron chi connectivity index (χ0n) is 9.75. The van der Waals surface area contributed by atoms with Crippen LogP contribution in [0.2, 0.25) is 5.02 Å². The first-order chi connectivity index (χ1) is 9.19. The summed E-state index contributed by atoms with van der Waals surface area (Å²) in [6.45, 7) is 0. The number of hydrogen-bond donors (Lipinski definition) is 1. The van der Waals surface area contributed by atoms with Crippen LogP contribution in [0.4, 0.5) is 11.4 Å². The molecule has 0 aliphatic rings. The molecule has 2 aromatic rings. The van der Waals surface area contributed by atoms with Gasteiger partial charge in [0.1, 0.15) is 0 Å². The zero-order valence-corrected chi connectivity index (χ0v) is 10.5. The van der Waals surface area contributed by atoms with Gasteiger partial charge >= 0.3 is 0 Å². The molecule has 2 aromatic carbocycles. The van der Waals surface area contributed by atoms with E-state index in [1.54, 1.807) is 42.5 Å². The van der Waals surface area contributed by atoms with E-state index in [0.717, 1.165) is 0 Å². The number of azide groups is 1. The van der Waals surface area contributed by atoms with Crippen LogP contribution in [-0.4, -0.2) is 5.91 Å². The van der Waals surface area contributed by atoms with Crippen molar-refractivity contribution in [2.24, 2.45) is 5.11 Å². The smallest absolute Gasteiger partial charge is 0.255 e. The average Bonchev–Trinajstić information content (AvgIpc) is 2.42. The van der Waals surface area contributed by atoms with Gasteiger partial charge in [0.05, 0.1) is 0 Å². The van der Waals surface area contributed by atoms with Gasteiger partial charge in [0.15, 0.2) is 0 Å². The molecule has 0 radical (unpaired) electrons. The van der Waals surface area contributed by atoms with E-state index < -0.39 is 0 Å². The van der Waals surface area contributed by atoms with Gasteiger partial charge in [-0.2, -0.15) is 0 Å². The molecule has 94 valence electrons. The molecule has 1 amide bonds. The van der Waals surface area contributed by atoms with Crippen molar-refractivity contribution in [1.29, 1.82) is 0 Å². The minimum Gasteiger partial charge on any atom is -0.322 e. The standard InChI is InChI=1S/C13H9ClN4O/c14-10-4-6-11(7-5-10)16-13(19)9-2-1-3-12(8-9)17-18-15/h1-8H,(H,16,19). The summed E-state index contributed by atoms with van der Waals surface area (Å²) in [5.41, 5.74) is 9.81. The SMILES string of the molecule is [N-]=[N+]=Nc1cccc(C(=O)Nc2ccc(Cl)cc2)c1. The summed E-state index contributed by atoms with van der Waals surface area (Å²) < 4.78 is 0. The minimum absolute atomic E-state index is 0.280. The molecule has 0 unspecified atom stereocenters. The molecule has 19 heavy (non-hydrogen) atoms. The van der Waals surface area contributed by atoms with Gasteiger partial charge < -0.3 is 5.32 Å². The maximum Gasteiger partial charge on any atom is 0.255 e.